The lowest BCUT2D eigenvalue weighted by Crippen LogP contribution is -2.32. The number of benzene rings is 2. The van der Waals surface area contributed by atoms with Gasteiger partial charge in [0, 0.05) is 11.6 Å². The molecule has 4 nitrogen and oxygen atoms in total. The average Bonchev–Trinajstić information content (AvgIpc) is 2.66. The normalized spacial score (nSPS) is 14.6. The van der Waals surface area contributed by atoms with Gasteiger partial charge in [-0.15, -0.1) is 0 Å². The highest BCUT2D eigenvalue weighted by Gasteiger charge is 2.25. The molecule has 1 aliphatic rings. The average molecular weight is 438 g/mol. The fraction of sp³-hybridized carbons (Fsp3) is 0.190. The van der Waals surface area contributed by atoms with E-state index in [4.69, 9.17) is 11.6 Å². The topological polar surface area (TPSA) is 63.2 Å². The molecule has 0 saturated heterocycles. The van der Waals surface area contributed by atoms with Gasteiger partial charge in [0.25, 0.3) is 15.9 Å². The van der Waals surface area contributed by atoms with Crippen molar-refractivity contribution in [3.05, 3.63) is 81.9 Å². The third-order valence-electron chi connectivity index (χ3n) is 4.65. The molecule has 0 radical (unpaired) electrons. The predicted molar refractivity (Wildman–Crippen MR) is 108 cm³/mol. The Kier molecular flexibility index (Phi) is 6.19. The molecule has 29 heavy (non-hydrogen) atoms. The van der Waals surface area contributed by atoms with Crippen LogP contribution in [-0.2, 0) is 14.8 Å². The summed E-state index contributed by atoms with van der Waals surface area (Å²) in [6.45, 7) is 1.85. The minimum atomic E-state index is -4.18. The van der Waals surface area contributed by atoms with Gasteiger partial charge < -0.3 is 0 Å². The number of allylic oxidation sites excluding steroid dienone is 2. The molecule has 3 rings (SSSR count). The van der Waals surface area contributed by atoms with Crippen molar-refractivity contribution in [3.63, 3.8) is 0 Å². The van der Waals surface area contributed by atoms with E-state index in [1.54, 1.807) is 6.07 Å². The Morgan fingerprint density at radius 1 is 1.10 bits per heavy atom. The van der Waals surface area contributed by atoms with Crippen LogP contribution in [0.1, 0.15) is 31.7 Å². The fourth-order valence-electron chi connectivity index (χ4n) is 3.22. The number of halogens is 3. The van der Waals surface area contributed by atoms with E-state index in [1.807, 2.05) is 11.6 Å². The van der Waals surface area contributed by atoms with E-state index in [2.05, 4.69) is 0 Å². The van der Waals surface area contributed by atoms with Crippen LogP contribution in [0.15, 0.2) is 64.6 Å². The van der Waals surface area contributed by atoms with Crippen molar-refractivity contribution in [1.82, 2.24) is 4.72 Å². The van der Waals surface area contributed by atoms with E-state index in [0.29, 0.717) is 30.4 Å². The summed E-state index contributed by atoms with van der Waals surface area (Å²) in [4.78, 5) is 12.6. The number of hydrogen-bond donors (Lipinski definition) is 1. The Balaban J connectivity index is 1.96. The molecule has 2 aromatic rings. The van der Waals surface area contributed by atoms with Crippen molar-refractivity contribution in [3.8, 4) is 0 Å². The summed E-state index contributed by atoms with van der Waals surface area (Å²) in [7, 11) is -4.18. The summed E-state index contributed by atoms with van der Waals surface area (Å²) in [5, 5.41) is -0.00685. The van der Waals surface area contributed by atoms with Crippen molar-refractivity contribution in [2.24, 2.45) is 0 Å². The highest BCUT2D eigenvalue weighted by Crippen LogP contribution is 2.33. The van der Waals surface area contributed by atoms with Gasteiger partial charge in [-0.3, -0.25) is 4.79 Å². The van der Waals surface area contributed by atoms with E-state index in [-0.39, 0.29) is 15.5 Å². The fourth-order valence-corrected chi connectivity index (χ4v) is 4.71. The summed E-state index contributed by atoms with van der Waals surface area (Å²) in [5.74, 6) is -2.26. The molecule has 8 heteroatoms. The Morgan fingerprint density at radius 3 is 2.38 bits per heavy atom. The summed E-state index contributed by atoms with van der Waals surface area (Å²) in [5.41, 5.74) is 1.81. The van der Waals surface area contributed by atoms with Crippen LogP contribution in [-0.4, -0.2) is 14.3 Å². The van der Waals surface area contributed by atoms with Gasteiger partial charge in [-0.2, -0.15) is 0 Å². The Hall–Kier alpha value is -2.51. The van der Waals surface area contributed by atoms with Gasteiger partial charge >= 0.3 is 0 Å². The van der Waals surface area contributed by atoms with E-state index < -0.39 is 27.6 Å². The van der Waals surface area contributed by atoms with Crippen LogP contribution < -0.4 is 4.72 Å². The van der Waals surface area contributed by atoms with Crippen molar-refractivity contribution >= 4 is 33.1 Å². The quantitative estimate of drug-likeness (QED) is 0.715. The molecule has 1 amide bonds. The van der Waals surface area contributed by atoms with Gasteiger partial charge in [0.2, 0.25) is 0 Å². The zero-order chi connectivity index (χ0) is 21.2. The standard InChI is InChI=1S/C21H18ClF2NO3S/c1-2-13-7-8-14(15-9-16(23)12-17(24)10-15)11-18(13)21(26)25-29(27,28)20-6-4-3-5-19(20)22/h3-6,9-12H,2,7-8H2,1H3,(H,25,26). The smallest absolute Gasteiger partial charge is 0.265 e. The second kappa shape index (κ2) is 8.47. The first-order chi connectivity index (χ1) is 13.7. The minimum absolute atomic E-state index is 0.00685. The number of nitrogens with one attached hydrogen (secondary N) is 1. The Morgan fingerprint density at radius 2 is 1.76 bits per heavy atom. The molecule has 0 heterocycles. The maximum Gasteiger partial charge on any atom is 0.265 e. The van der Waals surface area contributed by atoms with Gasteiger partial charge in [-0.05, 0) is 60.7 Å². The number of hydrogen-bond acceptors (Lipinski definition) is 3. The largest absolute Gasteiger partial charge is 0.268 e. The summed E-state index contributed by atoms with van der Waals surface area (Å²) >= 11 is 5.94. The molecule has 0 unspecified atom stereocenters. The lowest BCUT2D eigenvalue weighted by atomic mass is 9.87. The summed E-state index contributed by atoms with van der Waals surface area (Å²) in [6, 6.07) is 8.92. The molecule has 1 N–H and O–H groups in total. The van der Waals surface area contributed by atoms with Crippen molar-refractivity contribution in [2.45, 2.75) is 31.1 Å². The molecular formula is C21H18ClF2NO3S. The monoisotopic (exact) mass is 437 g/mol. The maximum atomic E-state index is 13.6. The lowest BCUT2D eigenvalue weighted by Gasteiger charge is -2.20. The van der Waals surface area contributed by atoms with E-state index >= 15 is 0 Å². The SMILES string of the molecule is CCC1=C(C(=O)NS(=O)(=O)c2ccccc2Cl)C=C(c2cc(F)cc(F)c2)CC1. The molecule has 152 valence electrons. The van der Waals surface area contributed by atoms with E-state index in [9.17, 15) is 22.0 Å². The van der Waals surface area contributed by atoms with Crippen LogP contribution >= 0.6 is 11.6 Å². The Bertz CT molecular complexity index is 1120. The zero-order valence-electron chi connectivity index (χ0n) is 15.5. The van der Waals surface area contributed by atoms with Gasteiger partial charge in [0.05, 0.1) is 5.02 Å². The number of sulfonamides is 1. The minimum Gasteiger partial charge on any atom is -0.268 e. The van der Waals surface area contributed by atoms with Gasteiger partial charge in [-0.1, -0.05) is 36.2 Å². The first-order valence-electron chi connectivity index (χ1n) is 8.92. The van der Waals surface area contributed by atoms with Crippen LogP contribution in [0, 0.1) is 11.6 Å². The first kappa shape index (κ1) is 21.2. The highest BCUT2D eigenvalue weighted by molar-refractivity contribution is 7.90. The molecule has 0 atom stereocenters. The predicted octanol–water partition coefficient (Wildman–Crippen LogP) is 5.01. The molecular weight excluding hydrogens is 420 g/mol. The number of carbonyl (C=O) groups excluding carboxylic acids is 1. The summed E-state index contributed by atoms with van der Waals surface area (Å²) < 4.78 is 54.4. The number of carbonyl (C=O) groups is 1. The van der Waals surface area contributed by atoms with Crippen LogP contribution in [0.2, 0.25) is 5.02 Å². The molecule has 1 aliphatic carbocycles. The van der Waals surface area contributed by atoms with Gasteiger partial charge in [-0.25, -0.2) is 21.9 Å². The van der Waals surface area contributed by atoms with Crippen molar-refractivity contribution in [1.29, 1.82) is 0 Å². The third-order valence-corrected chi connectivity index (χ3v) is 6.48. The summed E-state index contributed by atoms with van der Waals surface area (Å²) in [6.07, 6.45) is 3.00. The molecule has 0 aromatic heterocycles. The highest BCUT2D eigenvalue weighted by atomic mass is 35.5. The van der Waals surface area contributed by atoms with Crippen LogP contribution in [0.3, 0.4) is 0 Å². The number of rotatable bonds is 5. The van der Waals surface area contributed by atoms with Crippen LogP contribution in [0.5, 0.6) is 0 Å². The van der Waals surface area contributed by atoms with Crippen LogP contribution in [0.25, 0.3) is 5.57 Å². The first-order valence-corrected chi connectivity index (χ1v) is 10.8. The van der Waals surface area contributed by atoms with Crippen LogP contribution in [0.4, 0.5) is 8.78 Å². The van der Waals surface area contributed by atoms with Crippen molar-refractivity contribution < 1.29 is 22.0 Å². The second-order valence-corrected chi connectivity index (χ2v) is 8.62. The van der Waals surface area contributed by atoms with Gasteiger partial charge in [0.15, 0.2) is 0 Å². The van der Waals surface area contributed by atoms with Crippen molar-refractivity contribution in [2.75, 3.05) is 0 Å². The van der Waals surface area contributed by atoms with E-state index in [0.717, 1.165) is 11.6 Å². The molecule has 0 fully saturated rings. The lowest BCUT2D eigenvalue weighted by molar-refractivity contribution is -0.115. The molecule has 0 bridgehead atoms. The molecule has 2 aromatic carbocycles. The maximum absolute atomic E-state index is 13.6. The Labute approximate surface area is 172 Å². The molecule has 0 aliphatic heterocycles. The van der Waals surface area contributed by atoms with E-state index in [1.165, 1.54) is 36.4 Å². The molecule has 0 spiro atoms. The zero-order valence-corrected chi connectivity index (χ0v) is 17.1. The third kappa shape index (κ3) is 4.74. The number of amides is 1. The molecule has 0 saturated carbocycles. The second-order valence-electron chi connectivity index (χ2n) is 6.56. The van der Waals surface area contributed by atoms with Gasteiger partial charge in [0.1, 0.15) is 16.5 Å².